The zero-order valence-corrected chi connectivity index (χ0v) is 11.5. The van der Waals surface area contributed by atoms with E-state index in [9.17, 15) is 9.18 Å². The minimum Gasteiger partial charge on any atom is -0.296 e. The van der Waals surface area contributed by atoms with Gasteiger partial charge in [0.1, 0.15) is 10.8 Å². The number of hydrogen-bond acceptors (Lipinski definition) is 4. The van der Waals surface area contributed by atoms with Crippen LogP contribution in [0.4, 0.5) is 9.52 Å². The topological polar surface area (TPSA) is 54.9 Å². The molecule has 6 heteroatoms. The first-order valence-electron chi connectivity index (χ1n) is 5.94. The number of anilines is 1. The Balaban J connectivity index is 2.05. The number of nitrogens with one attached hydrogen (secondary N) is 1. The third-order valence-corrected chi connectivity index (χ3v) is 3.22. The van der Waals surface area contributed by atoms with Crippen LogP contribution < -0.4 is 5.32 Å². The summed E-state index contributed by atoms with van der Waals surface area (Å²) in [5.74, 6) is -0.336. The molecule has 1 aromatic heterocycles. The van der Waals surface area contributed by atoms with Crippen molar-refractivity contribution in [3.63, 3.8) is 0 Å². The molecule has 0 aliphatic rings. The molecule has 1 N–H and O–H groups in total. The van der Waals surface area contributed by atoms with E-state index in [1.54, 1.807) is 6.07 Å². The molecule has 0 aliphatic carbocycles. The van der Waals surface area contributed by atoms with Gasteiger partial charge < -0.3 is 0 Å². The molecule has 2 rings (SSSR count). The van der Waals surface area contributed by atoms with Gasteiger partial charge in [-0.15, -0.1) is 10.2 Å². The molecule has 100 valence electrons. The maximum atomic E-state index is 13.0. The standard InChI is InChI=1S/C13H14FN3OS/c1-8(2)6-11-16-17-13(19-11)15-12(18)9-4-3-5-10(14)7-9/h3-5,7-8H,6H2,1-2H3,(H,15,17,18). The highest BCUT2D eigenvalue weighted by Gasteiger charge is 2.11. The molecule has 1 aromatic carbocycles. The number of hydrogen-bond donors (Lipinski definition) is 1. The highest BCUT2D eigenvalue weighted by molar-refractivity contribution is 7.15. The molecule has 0 fully saturated rings. The number of benzene rings is 1. The Hall–Kier alpha value is -1.82. The van der Waals surface area contributed by atoms with Gasteiger partial charge in [0.25, 0.3) is 5.91 Å². The first kappa shape index (κ1) is 13.6. The molecule has 0 saturated heterocycles. The van der Waals surface area contributed by atoms with Gasteiger partial charge in [-0.3, -0.25) is 10.1 Å². The van der Waals surface area contributed by atoms with Crippen LogP contribution in [0.5, 0.6) is 0 Å². The number of carbonyl (C=O) groups excluding carboxylic acids is 1. The summed E-state index contributed by atoms with van der Waals surface area (Å²) in [7, 11) is 0. The molecule has 0 unspecified atom stereocenters. The summed E-state index contributed by atoms with van der Waals surface area (Å²) in [5, 5.41) is 11.8. The maximum Gasteiger partial charge on any atom is 0.257 e. The number of nitrogens with zero attached hydrogens (tertiary/aromatic N) is 2. The zero-order valence-electron chi connectivity index (χ0n) is 10.7. The molecule has 0 spiro atoms. The first-order chi connectivity index (χ1) is 9.04. The average molecular weight is 279 g/mol. The summed E-state index contributed by atoms with van der Waals surface area (Å²) in [6.45, 7) is 4.18. The number of rotatable bonds is 4. The fraction of sp³-hybridized carbons (Fsp3) is 0.308. The summed E-state index contributed by atoms with van der Waals surface area (Å²) in [5.41, 5.74) is 0.264. The van der Waals surface area contributed by atoms with Crippen LogP contribution in [0.2, 0.25) is 0 Å². The van der Waals surface area contributed by atoms with Crippen LogP contribution in [0.25, 0.3) is 0 Å². The van der Waals surface area contributed by atoms with Gasteiger partial charge in [0.2, 0.25) is 5.13 Å². The van der Waals surface area contributed by atoms with Crippen molar-refractivity contribution in [3.05, 3.63) is 40.7 Å². The zero-order chi connectivity index (χ0) is 13.8. The van der Waals surface area contributed by atoms with Crippen molar-refractivity contribution in [2.24, 2.45) is 5.92 Å². The second-order valence-electron chi connectivity index (χ2n) is 4.56. The van der Waals surface area contributed by atoms with Gasteiger partial charge in [-0.05, 0) is 24.1 Å². The van der Waals surface area contributed by atoms with Crippen molar-refractivity contribution in [2.75, 3.05) is 5.32 Å². The quantitative estimate of drug-likeness (QED) is 0.935. The molecule has 0 saturated carbocycles. The van der Waals surface area contributed by atoms with Gasteiger partial charge in [-0.25, -0.2) is 4.39 Å². The Bertz CT molecular complexity index is 583. The lowest BCUT2D eigenvalue weighted by molar-refractivity contribution is 0.102. The molecule has 0 atom stereocenters. The minimum atomic E-state index is -0.439. The van der Waals surface area contributed by atoms with Crippen LogP contribution >= 0.6 is 11.3 Å². The van der Waals surface area contributed by atoms with Crippen LogP contribution in [-0.4, -0.2) is 16.1 Å². The summed E-state index contributed by atoms with van der Waals surface area (Å²) in [4.78, 5) is 11.9. The lowest BCUT2D eigenvalue weighted by Gasteiger charge is -2.00. The summed E-state index contributed by atoms with van der Waals surface area (Å²) < 4.78 is 13.0. The van der Waals surface area contributed by atoms with E-state index in [0.717, 1.165) is 11.4 Å². The van der Waals surface area contributed by atoms with Gasteiger partial charge in [-0.2, -0.15) is 0 Å². The van der Waals surface area contributed by atoms with E-state index in [-0.39, 0.29) is 11.5 Å². The minimum absolute atomic E-state index is 0.264. The van der Waals surface area contributed by atoms with Crippen LogP contribution in [0.15, 0.2) is 24.3 Å². The molecule has 1 amide bonds. The van der Waals surface area contributed by atoms with E-state index in [4.69, 9.17) is 0 Å². The lowest BCUT2D eigenvalue weighted by atomic mass is 10.1. The molecular formula is C13H14FN3OS. The Kier molecular flexibility index (Phi) is 4.21. The molecule has 19 heavy (non-hydrogen) atoms. The van der Waals surface area contributed by atoms with E-state index < -0.39 is 5.82 Å². The number of carbonyl (C=O) groups is 1. The van der Waals surface area contributed by atoms with E-state index in [0.29, 0.717) is 11.0 Å². The maximum absolute atomic E-state index is 13.0. The predicted octanol–water partition coefficient (Wildman–Crippen LogP) is 3.13. The smallest absolute Gasteiger partial charge is 0.257 e. The second-order valence-corrected chi connectivity index (χ2v) is 5.63. The first-order valence-corrected chi connectivity index (χ1v) is 6.75. The van der Waals surface area contributed by atoms with E-state index in [2.05, 4.69) is 29.4 Å². The summed E-state index contributed by atoms with van der Waals surface area (Å²) in [6, 6.07) is 5.52. The fourth-order valence-corrected chi connectivity index (χ4v) is 2.48. The lowest BCUT2D eigenvalue weighted by Crippen LogP contribution is -2.11. The summed E-state index contributed by atoms with van der Waals surface area (Å²) in [6.07, 6.45) is 0.827. The number of aromatic nitrogens is 2. The van der Waals surface area contributed by atoms with Crippen molar-refractivity contribution in [2.45, 2.75) is 20.3 Å². The Morgan fingerprint density at radius 1 is 1.42 bits per heavy atom. The van der Waals surface area contributed by atoms with Crippen LogP contribution in [0, 0.1) is 11.7 Å². The molecule has 0 aliphatic heterocycles. The number of amides is 1. The average Bonchev–Trinajstić information content (AvgIpc) is 2.75. The van der Waals surface area contributed by atoms with E-state index >= 15 is 0 Å². The highest BCUT2D eigenvalue weighted by atomic mass is 32.1. The molecule has 4 nitrogen and oxygen atoms in total. The van der Waals surface area contributed by atoms with Crippen molar-refractivity contribution in [3.8, 4) is 0 Å². The van der Waals surface area contributed by atoms with Crippen molar-refractivity contribution >= 4 is 22.4 Å². The summed E-state index contributed by atoms with van der Waals surface area (Å²) >= 11 is 1.34. The molecule has 1 heterocycles. The van der Waals surface area contributed by atoms with Gasteiger partial charge in [0.15, 0.2) is 0 Å². The van der Waals surface area contributed by atoms with Gasteiger partial charge in [0, 0.05) is 12.0 Å². The van der Waals surface area contributed by atoms with Gasteiger partial charge >= 0.3 is 0 Å². The van der Waals surface area contributed by atoms with E-state index in [1.165, 1.54) is 29.5 Å². The molecule has 2 aromatic rings. The van der Waals surface area contributed by atoms with Crippen molar-refractivity contribution < 1.29 is 9.18 Å². The molecule has 0 radical (unpaired) electrons. The normalized spacial score (nSPS) is 10.7. The fourth-order valence-electron chi connectivity index (χ4n) is 1.53. The Morgan fingerprint density at radius 3 is 2.89 bits per heavy atom. The van der Waals surface area contributed by atoms with Crippen molar-refractivity contribution in [1.82, 2.24) is 10.2 Å². The third-order valence-electron chi connectivity index (χ3n) is 2.36. The SMILES string of the molecule is CC(C)Cc1nnc(NC(=O)c2cccc(F)c2)s1. The van der Waals surface area contributed by atoms with Crippen molar-refractivity contribution in [1.29, 1.82) is 0 Å². The van der Waals surface area contributed by atoms with Gasteiger partial charge in [0.05, 0.1) is 0 Å². The van der Waals surface area contributed by atoms with Crippen LogP contribution in [0.3, 0.4) is 0 Å². The number of halogens is 1. The Morgan fingerprint density at radius 2 is 2.21 bits per heavy atom. The monoisotopic (exact) mass is 279 g/mol. The molecular weight excluding hydrogens is 265 g/mol. The predicted molar refractivity (Wildman–Crippen MR) is 72.8 cm³/mol. The highest BCUT2D eigenvalue weighted by Crippen LogP contribution is 2.19. The third kappa shape index (κ3) is 3.82. The Labute approximate surface area is 114 Å². The van der Waals surface area contributed by atoms with E-state index in [1.807, 2.05) is 0 Å². The largest absolute Gasteiger partial charge is 0.296 e. The van der Waals surface area contributed by atoms with Crippen LogP contribution in [-0.2, 0) is 6.42 Å². The molecule has 0 bridgehead atoms. The second kappa shape index (κ2) is 5.88. The van der Waals surface area contributed by atoms with Crippen LogP contribution in [0.1, 0.15) is 29.2 Å². The van der Waals surface area contributed by atoms with Gasteiger partial charge in [-0.1, -0.05) is 31.3 Å².